The van der Waals surface area contributed by atoms with Crippen molar-refractivity contribution in [1.29, 1.82) is 0 Å². The second kappa shape index (κ2) is 10.3. The van der Waals surface area contributed by atoms with Crippen LogP contribution in [0.15, 0.2) is 48.5 Å². The van der Waals surface area contributed by atoms with Gasteiger partial charge in [-0.3, -0.25) is 19.7 Å². The van der Waals surface area contributed by atoms with Gasteiger partial charge in [0.2, 0.25) is 11.8 Å². The Bertz CT molecular complexity index is 870. The van der Waals surface area contributed by atoms with E-state index in [-0.39, 0.29) is 30.1 Å². The number of benzene rings is 2. The van der Waals surface area contributed by atoms with E-state index >= 15 is 0 Å². The molecule has 0 saturated carbocycles. The third kappa shape index (κ3) is 5.84. The van der Waals surface area contributed by atoms with Crippen molar-refractivity contribution in [3.8, 4) is 0 Å². The summed E-state index contributed by atoms with van der Waals surface area (Å²) in [4.78, 5) is 37.8. The van der Waals surface area contributed by atoms with Gasteiger partial charge in [-0.1, -0.05) is 37.3 Å². The summed E-state index contributed by atoms with van der Waals surface area (Å²) < 4.78 is 13.2. The van der Waals surface area contributed by atoms with E-state index in [1.54, 1.807) is 32.0 Å². The number of carbonyl (C=O) groups is 2. The largest absolute Gasteiger partial charge is 0.355 e. The van der Waals surface area contributed by atoms with Gasteiger partial charge in [0.05, 0.1) is 11.3 Å². The summed E-state index contributed by atoms with van der Waals surface area (Å²) in [7, 11) is 0. The molecule has 0 aromatic heterocycles. The van der Waals surface area contributed by atoms with Crippen LogP contribution in [0.3, 0.4) is 0 Å². The van der Waals surface area contributed by atoms with Gasteiger partial charge in [-0.2, -0.15) is 0 Å². The maximum absolute atomic E-state index is 13.2. The molecule has 0 saturated heterocycles. The lowest BCUT2D eigenvalue weighted by Crippen LogP contribution is -2.49. The number of halogens is 1. The number of hydrogen-bond donors (Lipinski definition) is 1. The van der Waals surface area contributed by atoms with Crippen LogP contribution >= 0.6 is 0 Å². The first kappa shape index (κ1) is 22.0. The summed E-state index contributed by atoms with van der Waals surface area (Å²) in [5.74, 6) is -1.11. The van der Waals surface area contributed by atoms with Crippen LogP contribution in [0.2, 0.25) is 0 Å². The molecule has 1 atom stereocenters. The van der Waals surface area contributed by atoms with E-state index in [1.807, 2.05) is 0 Å². The highest BCUT2D eigenvalue weighted by atomic mass is 19.1. The van der Waals surface area contributed by atoms with Crippen molar-refractivity contribution >= 4 is 17.5 Å². The first-order chi connectivity index (χ1) is 13.9. The molecule has 0 spiro atoms. The fourth-order valence-corrected chi connectivity index (χ4v) is 3.10. The molecule has 0 heterocycles. The fraction of sp³-hybridized carbons (Fsp3) is 0.333. The van der Waals surface area contributed by atoms with E-state index in [0.29, 0.717) is 18.5 Å². The smallest absolute Gasteiger partial charge is 0.273 e. The van der Waals surface area contributed by atoms with Crippen LogP contribution in [0, 0.1) is 15.9 Å². The van der Waals surface area contributed by atoms with Crippen LogP contribution in [-0.4, -0.2) is 34.2 Å². The second-order valence-electron chi connectivity index (χ2n) is 6.53. The van der Waals surface area contributed by atoms with Crippen LogP contribution < -0.4 is 5.32 Å². The average molecular weight is 401 g/mol. The predicted octanol–water partition coefficient (Wildman–Crippen LogP) is 3.22. The molecule has 2 aromatic carbocycles. The Morgan fingerprint density at radius 3 is 2.38 bits per heavy atom. The lowest BCUT2D eigenvalue weighted by molar-refractivity contribution is -0.385. The van der Waals surface area contributed by atoms with E-state index in [4.69, 9.17) is 0 Å². The van der Waals surface area contributed by atoms with Gasteiger partial charge in [-0.05, 0) is 31.0 Å². The standard InChI is InChI=1S/C21H24FN3O4/c1-3-18(21(27)23-4-2)24(14-15-9-11-17(22)12-10-15)20(26)13-16-7-5-6-8-19(16)25(28)29/h5-12,18H,3-4,13-14H2,1-2H3,(H,23,27). The zero-order valence-electron chi connectivity index (χ0n) is 16.4. The lowest BCUT2D eigenvalue weighted by atomic mass is 10.1. The molecule has 154 valence electrons. The number of nitro benzene ring substituents is 1. The molecular weight excluding hydrogens is 377 g/mol. The average Bonchev–Trinajstić information content (AvgIpc) is 2.69. The molecule has 0 aliphatic carbocycles. The molecule has 1 N–H and O–H groups in total. The SMILES string of the molecule is CCNC(=O)C(CC)N(Cc1ccc(F)cc1)C(=O)Cc1ccccc1[N+](=O)[O-]. The molecule has 2 rings (SSSR count). The lowest BCUT2D eigenvalue weighted by Gasteiger charge is -2.30. The number of para-hydroxylation sites is 1. The van der Waals surface area contributed by atoms with Crippen molar-refractivity contribution in [1.82, 2.24) is 10.2 Å². The third-order valence-corrected chi connectivity index (χ3v) is 4.53. The molecule has 2 amide bonds. The summed E-state index contributed by atoms with van der Waals surface area (Å²) in [6.07, 6.45) is 0.157. The minimum atomic E-state index is -0.740. The molecule has 1 unspecified atom stereocenters. The Morgan fingerprint density at radius 2 is 1.79 bits per heavy atom. The van der Waals surface area contributed by atoms with Gasteiger partial charge in [0.1, 0.15) is 11.9 Å². The van der Waals surface area contributed by atoms with Crippen molar-refractivity contribution in [2.45, 2.75) is 39.3 Å². The number of likely N-dealkylation sites (N-methyl/N-ethyl adjacent to an activating group) is 1. The first-order valence-electron chi connectivity index (χ1n) is 9.41. The topological polar surface area (TPSA) is 92.6 Å². The van der Waals surface area contributed by atoms with Gasteiger partial charge in [-0.25, -0.2) is 4.39 Å². The summed E-state index contributed by atoms with van der Waals surface area (Å²) >= 11 is 0. The molecule has 0 fully saturated rings. The van der Waals surface area contributed by atoms with Gasteiger partial charge in [0.25, 0.3) is 5.69 Å². The highest BCUT2D eigenvalue weighted by Crippen LogP contribution is 2.21. The van der Waals surface area contributed by atoms with Crippen molar-refractivity contribution in [3.63, 3.8) is 0 Å². The van der Waals surface area contributed by atoms with Crippen molar-refractivity contribution < 1.29 is 18.9 Å². The van der Waals surface area contributed by atoms with Gasteiger partial charge in [-0.15, -0.1) is 0 Å². The number of nitrogens with one attached hydrogen (secondary N) is 1. The number of hydrogen-bond acceptors (Lipinski definition) is 4. The molecule has 0 bridgehead atoms. The first-order valence-corrected chi connectivity index (χ1v) is 9.41. The molecule has 29 heavy (non-hydrogen) atoms. The monoisotopic (exact) mass is 401 g/mol. The molecule has 0 radical (unpaired) electrons. The maximum atomic E-state index is 13.2. The van der Waals surface area contributed by atoms with E-state index in [1.165, 1.54) is 35.2 Å². The van der Waals surface area contributed by atoms with Crippen LogP contribution in [0.4, 0.5) is 10.1 Å². The highest BCUT2D eigenvalue weighted by molar-refractivity contribution is 5.88. The Morgan fingerprint density at radius 1 is 1.14 bits per heavy atom. The molecule has 7 nitrogen and oxygen atoms in total. The fourth-order valence-electron chi connectivity index (χ4n) is 3.10. The van der Waals surface area contributed by atoms with E-state index in [2.05, 4.69) is 5.32 Å². The molecule has 0 aliphatic rings. The van der Waals surface area contributed by atoms with E-state index in [9.17, 15) is 24.1 Å². The Balaban J connectivity index is 2.34. The summed E-state index contributed by atoms with van der Waals surface area (Å²) in [5, 5.41) is 14.0. The maximum Gasteiger partial charge on any atom is 0.273 e. The minimum Gasteiger partial charge on any atom is -0.355 e. The van der Waals surface area contributed by atoms with Gasteiger partial charge in [0, 0.05) is 24.7 Å². The quantitative estimate of drug-likeness (QED) is 0.516. The van der Waals surface area contributed by atoms with Crippen LogP contribution in [-0.2, 0) is 22.6 Å². The van der Waals surface area contributed by atoms with Crippen LogP contribution in [0.5, 0.6) is 0 Å². The predicted molar refractivity (Wildman–Crippen MR) is 107 cm³/mol. The molecule has 0 aliphatic heterocycles. The van der Waals surface area contributed by atoms with E-state index in [0.717, 1.165) is 0 Å². The van der Waals surface area contributed by atoms with Crippen LogP contribution in [0.25, 0.3) is 0 Å². The van der Waals surface area contributed by atoms with Gasteiger partial charge in [0.15, 0.2) is 0 Å². The van der Waals surface area contributed by atoms with Crippen molar-refractivity contribution in [2.75, 3.05) is 6.54 Å². The van der Waals surface area contributed by atoms with E-state index < -0.39 is 22.7 Å². The minimum absolute atomic E-state index is 0.0926. The number of carbonyl (C=O) groups excluding carboxylic acids is 2. The summed E-state index contributed by atoms with van der Waals surface area (Å²) in [6, 6.07) is 11.0. The van der Waals surface area contributed by atoms with Gasteiger partial charge < -0.3 is 10.2 Å². The highest BCUT2D eigenvalue weighted by Gasteiger charge is 2.29. The second-order valence-corrected chi connectivity index (χ2v) is 6.53. The Labute approximate surface area is 168 Å². The van der Waals surface area contributed by atoms with Crippen molar-refractivity contribution in [2.24, 2.45) is 0 Å². The number of nitro groups is 1. The van der Waals surface area contributed by atoms with Crippen LogP contribution in [0.1, 0.15) is 31.4 Å². The third-order valence-electron chi connectivity index (χ3n) is 4.53. The van der Waals surface area contributed by atoms with Crippen molar-refractivity contribution in [3.05, 3.63) is 75.6 Å². The molecule has 2 aromatic rings. The zero-order chi connectivity index (χ0) is 21.4. The normalized spacial score (nSPS) is 11.6. The number of nitrogens with zero attached hydrogens (tertiary/aromatic N) is 2. The summed E-state index contributed by atoms with van der Waals surface area (Å²) in [6.45, 7) is 4.08. The number of rotatable bonds is 9. The molecular formula is C21H24FN3O4. The zero-order valence-corrected chi connectivity index (χ0v) is 16.4. The molecule has 8 heteroatoms. The summed E-state index contributed by atoms with van der Waals surface area (Å²) in [5.41, 5.74) is 0.788. The number of amides is 2. The Hall–Kier alpha value is -3.29. The Kier molecular flexibility index (Phi) is 7.82. The van der Waals surface area contributed by atoms with Gasteiger partial charge >= 0.3 is 0 Å².